The predicted octanol–water partition coefficient (Wildman–Crippen LogP) is 3.65. The van der Waals surface area contributed by atoms with Crippen LogP contribution in [-0.4, -0.2) is 18.1 Å². The summed E-state index contributed by atoms with van der Waals surface area (Å²) in [5.41, 5.74) is 9.49. The quantitative estimate of drug-likeness (QED) is 0.885. The Labute approximate surface area is 131 Å². The molecule has 1 heterocycles. The molecule has 4 heteroatoms. The number of pyridine rings is 1. The molecule has 0 aliphatic carbocycles. The number of aromatic nitrogens is 1. The van der Waals surface area contributed by atoms with Crippen molar-refractivity contribution in [2.24, 2.45) is 5.73 Å². The van der Waals surface area contributed by atoms with Crippen molar-refractivity contribution in [2.75, 3.05) is 11.9 Å². The number of halogens is 1. The number of hydrogen-bond donors (Lipinski definition) is 1. The molecule has 2 rings (SSSR count). The largest absolute Gasteiger partial charge is 0.368 e. The highest BCUT2D eigenvalue weighted by molar-refractivity contribution is 6.30. The molecule has 0 bridgehead atoms. The SMILES string of the molecule is CCC(N)Cc1ccc(Cl)cc1N(C)Cc1ccccn1. The van der Waals surface area contributed by atoms with Crippen molar-refractivity contribution in [3.63, 3.8) is 0 Å². The van der Waals surface area contributed by atoms with Crippen molar-refractivity contribution < 1.29 is 0 Å². The van der Waals surface area contributed by atoms with Crippen LogP contribution in [0.5, 0.6) is 0 Å². The summed E-state index contributed by atoms with van der Waals surface area (Å²) in [4.78, 5) is 6.55. The van der Waals surface area contributed by atoms with Crippen LogP contribution in [0, 0.1) is 0 Å². The summed E-state index contributed by atoms with van der Waals surface area (Å²) in [5.74, 6) is 0. The highest BCUT2D eigenvalue weighted by Crippen LogP contribution is 2.26. The van der Waals surface area contributed by atoms with Gasteiger partial charge in [0.15, 0.2) is 0 Å². The van der Waals surface area contributed by atoms with E-state index in [9.17, 15) is 0 Å². The van der Waals surface area contributed by atoms with E-state index < -0.39 is 0 Å². The summed E-state index contributed by atoms with van der Waals surface area (Å²) in [5, 5.41) is 0.742. The zero-order chi connectivity index (χ0) is 15.2. The Morgan fingerprint density at radius 2 is 2.10 bits per heavy atom. The van der Waals surface area contributed by atoms with Gasteiger partial charge < -0.3 is 10.6 Å². The van der Waals surface area contributed by atoms with Gasteiger partial charge in [0.25, 0.3) is 0 Å². The molecule has 0 saturated heterocycles. The standard InChI is InChI=1S/C17H22ClN3/c1-3-15(19)10-13-7-8-14(18)11-17(13)21(2)12-16-6-4-5-9-20-16/h4-9,11,15H,3,10,12,19H2,1-2H3. The minimum absolute atomic E-state index is 0.174. The smallest absolute Gasteiger partial charge is 0.0598 e. The first-order chi connectivity index (χ1) is 10.1. The first kappa shape index (κ1) is 15.8. The lowest BCUT2D eigenvalue weighted by Gasteiger charge is -2.23. The fourth-order valence-electron chi connectivity index (χ4n) is 2.31. The summed E-state index contributed by atoms with van der Waals surface area (Å²) in [6, 6.07) is 12.1. The lowest BCUT2D eigenvalue weighted by Crippen LogP contribution is -2.24. The Hall–Kier alpha value is -1.58. The van der Waals surface area contributed by atoms with Crippen molar-refractivity contribution in [1.82, 2.24) is 4.98 Å². The van der Waals surface area contributed by atoms with Crippen LogP contribution in [0.15, 0.2) is 42.6 Å². The molecule has 1 atom stereocenters. The summed E-state index contributed by atoms with van der Waals surface area (Å²) in [6.07, 6.45) is 3.64. The highest BCUT2D eigenvalue weighted by Gasteiger charge is 2.12. The molecule has 0 fully saturated rings. The monoisotopic (exact) mass is 303 g/mol. The second-order valence-corrected chi connectivity index (χ2v) is 5.76. The average Bonchev–Trinajstić information content (AvgIpc) is 2.49. The molecule has 3 nitrogen and oxygen atoms in total. The van der Waals surface area contributed by atoms with Gasteiger partial charge in [-0.25, -0.2) is 0 Å². The van der Waals surface area contributed by atoms with E-state index in [0.29, 0.717) is 0 Å². The van der Waals surface area contributed by atoms with Gasteiger partial charge in [-0.3, -0.25) is 4.98 Å². The van der Waals surface area contributed by atoms with Crippen molar-refractivity contribution in [3.8, 4) is 0 Å². The minimum Gasteiger partial charge on any atom is -0.368 e. The van der Waals surface area contributed by atoms with E-state index in [-0.39, 0.29) is 6.04 Å². The number of hydrogen-bond acceptors (Lipinski definition) is 3. The Balaban J connectivity index is 2.22. The third-order valence-corrected chi connectivity index (χ3v) is 3.83. The van der Waals surface area contributed by atoms with Gasteiger partial charge in [-0.1, -0.05) is 30.7 Å². The zero-order valence-corrected chi connectivity index (χ0v) is 13.3. The molecule has 2 N–H and O–H groups in total. The molecule has 2 aromatic rings. The van der Waals surface area contributed by atoms with Crippen molar-refractivity contribution in [3.05, 3.63) is 58.9 Å². The van der Waals surface area contributed by atoms with Gasteiger partial charge in [-0.2, -0.15) is 0 Å². The van der Waals surface area contributed by atoms with Crippen LogP contribution in [0.3, 0.4) is 0 Å². The number of nitrogens with two attached hydrogens (primary N) is 1. The lowest BCUT2D eigenvalue weighted by atomic mass is 10.0. The number of rotatable bonds is 6. The highest BCUT2D eigenvalue weighted by atomic mass is 35.5. The molecule has 0 saturated carbocycles. The van der Waals surface area contributed by atoms with Crippen molar-refractivity contribution in [1.29, 1.82) is 0 Å². The Bertz CT molecular complexity index is 572. The van der Waals surface area contributed by atoms with Crippen LogP contribution in [0.1, 0.15) is 24.6 Å². The van der Waals surface area contributed by atoms with Crippen molar-refractivity contribution in [2.45, 2.75) is 32.4 Å². The summed E-state index contributed by atoms with van der Waals surface area (Å²) < 4.78 is 0. The maximum atomic E-state index is 6.16. The first-order valence-corrected chi connectivity index (χ1v) is 7.63. The summed E-state index contributed by atoms with van der Waals surface area (Å²) in [7, 11) is 2.06. The molecule has 1 unspecified atom stereocenters. The van der Waals surface area contributed by atoms with E-state index in [4.69, 9.17) is 17.3 Å². The predicted molar refractivity (Wildman–Crippen MR) is 89.8 cm³/mol. The minimum atomic E-state index is 0.174. The molecule has 1 aromatic carbocycles. The van der Waals surface area contributed by atoms with Crippen LogP contribution in [0.4, 0.5) is 5.69 Å². The fraction of sp³-hybridized carbons (Fsp3) is 0.353. The van der Waals surface area contributed by atoms with Gasteiger partial charge in [0.1, 0.15) is 0 Å². The molecule has 0 spiro atoms. The van der Waals surface area contributed by atoms with Crippen molar-refractivity contribution >= 4 is 17.3 Å². The molecule has 1 aromatic heterocycles. The average molecular weight is 304 g/mol. The zero-order valence-electron chi connectivity index (χ0n) is 12.6. The van der Waals surface area contributed by atoms with E-state index in [2.05, 4.69) is 29.9 Å². The second kappa shape index (κ2) is 7.43. The Morgan fingerprint density at radius 1 is 1.29 bits per heavy atom. The topological polar surface area (TPSA) is 42.1 Å². The Morgan fingerprint density at radius 3 is 2.76 bits per heavy atom. The van der Waals surface area contributed by atoms with Crippen LogP contribution in [-0.2, 0) is 13.0 Å². The van der Waals surface area contributed by atoms with E-state index in [1.165, 1.54) is 5.56 Å². The molecule has 0 amide bonds. The number of benzene rings is 1. The fourth-order valence-corrected chi connectivity index (χ4v) is 2.48. The van der Waals surface area contributed by atoms with Gasteiger partial charge in [-0.15, -0.1) is 0 Å². The molecule has 0 aliphatic rings. The van der Waals surface area contributed by atoms with E-state index in [0.717, 1.165) is 35.8 Å². The maximum Gasteiger partial charge on any atom is 0.0598 e. The van der Waals surface area contributed by atoms with Crippen LogP contribution in [0.2, 0.25) is 5.02 Å². The molecular formula is C17H22ClN3. The third-order valence-electron chi connectivity index (χ3n) is 3.59. The normalized spacial score (nSPS) is 12.2. The molecule has 21 heavy (non-hydrogen) atoms. The maximum absolute atomic E-state index is 6.16. The van der Waals surface area contributed by atoms with E-state index >= 15 is 0 Å². The summed E-state index contributed by atoms with van der Waals surface area (Å²) >= 11 is 6.16. The number of anilines is 1. The lowest BCUT2D eigenvalue weighted by molar-refractivity contribution is 0.645. The van der Waals surface area contributed by atoms with Gasteiger partial charge in [0.05, 0.1) is 12.2 Å². The van der Waals surface area contributed by atoms with E-state index in [1.54, 1.807) is 0 Å². The molecule has 112 valence electrons. The number of nitrogens with zero attached hydrogens (tertiary/aromatic N) is 2. The Kier molecular flexibility index (Phi) is 5.59. The van der Waals surface area contributed by atoms with Crippen LogP contribution < -0.4 is 10.6 Å². The molecular weight excluding hydrogens is 282 g/mol. The van der Waals surface area contributed by atoms with E-state index in [1.807, 2.05) is 36.5 Å². The summed E-state index contributed by atoms with van der Waals surface area (Å²) in [6.45, 7) is 2.85. The van der Waals surface area contributed by atoms with Gasteiger partial charge >= 0.3 is 0 Å². The molecule has 0 aliphatic heterocycles. The van der Waals surface area contributed by atoms with Gasteiger partial charge in [0.2, 0.25) is 0 Å². The first-order valence-electron chi connectivity index (χ1n) is 7.25. The van der Waals surface area contributed by atoms with Gasteiger partial charge in [-0.05, 0) is 42.7 Å². The molecule has 0 radical (unpaired) electrons. The van der Waals surface area contributed by atoms with Gasteiger partial charge in [0, 0.05) is 30.0 Å². The van der Waals surface area contributed by atoms with Crippen LogP contribution in [0.25, 0.3) is 0 Å². The third kappa shape index (κ3) is 4.45. The van der Waals surface area contributed by atoms with Crippen LogP contribution >= 0.6 is 11.6 Å². The second-order valence-electron chi connectivity index (χ2n) is 5.32.